The van der Waals surface area contributed by atoms with Gasteiger partial charge in [0.15, 0.2) is 0 Å². The molecule has 14 heavy (non-hydrogen) atoms. The average Bonchev–Trinajstić information content (AvgIpc) is 2.82. The van der Waals surface area contributed by atoms with E-state index < -0.39 is 0 Å². The van der Waals surface area contributed by atoms with Crippen molar-refractivity contribution in [1.29, 1.82) is 0 Å². The summed E-state index contributed by atoms with van der Waals surface area (Å²) in [6, 6.07) is 1.69. The Balaban J connectivity index is 1.85. The summed E-state index contributed by atoms with van der Waals surface area (Å²) < 4.78 is 0. The van der Waals surface area contributed by atoms with Gasteiger partial charge in [-0.15, -0.1) is 0 Å². The van der Waals surface area contributed by atoms with Gasteiger partial charge >= 0.3 is 0 Å². The monoisotopic (exact) mass is 195 g/mol. The minimum absolute atomic E-state index is 0.832. The van der Waals surface area contributed by atoms with Crippen molar-refractivity contribution in [2.24, 2.45) is 17.8 Å². The van der Waals surface area contributed by atoms with Gasteiger partial charge in [-0.25, -0.2) is 0 Å². The Morgan fingerprint density at radius 1 is 1.07 bits per heavy atom. The SMILES string of the molecule is CCC1CCC(C)CC1NC1CC1C. The molecule has 0 amide bonds. The third-order valence-electron chi connectivity index (χ3n) is 4.32. The lowest BCUT2D eigenvalue weighted by Crippen LogP contribution is -2.42. The summed E-state index contributed by atoms with van der Waals surface area (Å²) in [4.78, 5) is 0. The molecule has 5 unspecified atom stereocenters. The second kappa shape index (κ2) is 4.22. The molecule has 2 saturated carbocycles. The standard InChI is InChI=1S/C13H25N/c1-4-11-6-5-9(2)7-13(11)14-12-8-10(12)3/h9-14H,4-8H2,1-3H3. The molecular weight excluding hydrogens is 170 g/mol. The zero-order valence-corrected chi connectivity index (χ0v) is 9.92. The first-order valence-electron chi connectivity index (χ1n) is 6.46. The molecule has 0 aromatic rings. The summed E-state index contributed by atoms with van der Waals surface area (Å²) in [5.41, 5.74) is 0. The van der Waals surface area contributed by atoms with E-state index in [1.807, 2.05) is 0 Å². The largest absolute Gasteiger partial charge is 0.311 e. The van der Waals surface area contributed by atoms with Crippen LogP contribution in [0.3, 0.4) is 0 Å². The number of nitrogens with one attached hydrogen (secondary N) is 1. The highest BCUT2D eigenvalue weighted by molar-refractivity contribution is 4.94. The average molecular weight is 195 g/mol. The van der Waals surface area contributed by atoms with Crippen LogP contribution in [0.2, 0.25) is 0 Å². The van der Waals surface area contributed by atoms with Crippen LogP contribution in [0.25, 0.3) is 0 Å². The minimum atomic E-state index is 0.832. The van der Waals surface area contributed by atoms with Crippen molar-refractivity contribution in [3.63, 3.8) is 0 Å². The van der Waals surface area contributed by atoms with Gasteiger partial charge in [-0.2, -0.15) is 0 Å². The molecule has 0 aromatic heterocycles. The molecule has 1 heteroatoms. The lowest BCUT2D eigenvalue weighted by atomic mass is 9.78. The first-order valence-corrected chi connectivity index (χ1v) is 6.46. The quantitative estimate of drug-likeness (QED) is 0.729. The molecule has 5 atom stereocenters. The Morgan fingerprint density at radius 2 is 1.79 bits per heavy atom. The predicted octanol–water partition coefficient (Wildman–Crippen LogP) is 3.20. The van der Waals surface area contributed by atoms with Crippen molar-refractivity contribution >= 4 is 0 Å². The van der Waals surface area contributed by atoms with Crippen LogP contribution < -0.4 is 5.32 Å². The van der Waals surface area contributed by atoms with Crippen LogP contribution in [0.1, 0.15) is 52.9 Å². The maximum Gasteiger partial charge on any atom is 0.0100 e. The molecule has 0 spiro atoms. The summed E-state index contributed by atoms with van der Waals surface area (Å²) >= 11 is 0. The van der Waals surface area contributed by atoms with E-state index in [2.05, 4.69) is 26.1 Å². The molecule has 0 aliphatic heterocycles. The number of hydrogen-bond acceptors (Lipinski definition) is 1. The summed E-state index contributed by atoms with van der Waals surface area (Å²) in [7, 11) is 0. The Labute approximate surface area is 88.7 Å². The lowest BCUT2D eigenvalue weighted by Gasteiger charge is -2.35. The van der Waals surface area contributed by atoms with E-state index in [1.54, 1.807) is 0 Å². The summed E-state index contributed by atoms with van der Waals surface area (Å²) in [6.45, 7) is 7.13. The summed E-state index contributed by atoms with van der Waals surface area (Å²) in [5.74, 6) is 2.85. The van der Waals surface area contributed by atoms with Crippen LogP contribution in [-0.4, -0.2) is 12.1 Å². The molecule has 82 valence electrons. The third-order valence-corrected chi connectivity index (χ3v) is 4.32. The Bertz CT molecular complexity index is 190. The second-order valence-electron chi connectivity index (χ2n) is 5.68. The number of rotatable bonds is 3. The van der Waals surface area contributed by atoms with Crippen molar-refractivity contribution in [3.05, 3.63) is 0 Å². The lowest BCUT2D eigenvalue weighted by molar-refractivity contribution is 0.206. The van der Waals surface area contributed by atoms with Crippen molar-refractivity contribution in [2.45, 2.75) is 65.0 Å². The fourth-order valence-corrected chi connectivity index (χ4v) is 2.97. The van der Waals surface area contributed by atoms with Gasteiger partial charge in [-0.1, -0.05) is 33.6 Å². The highest BCUT2D eigenvalue weighted by Crippen LogP contribution is 2.35. The van der Waals surface area contributed by atoms with Crippen molar-refractivity contribution in [1.82, 2.24) is 5.32 Å². The van der Waals surface area contributed by atoms with Crippen molar-refractivity contribution in [2.75, 3.05) is 0 Å². The second-order valence-corrected chi connectivity index (χ2v) is 5.68. The van der Waals surface area contributed by atoms with Crippen molar-refractivity contribution in [3.8, 4) is 0 Å². The number of hydrogen-bond donors (Lipinski definition) is 1. The Hall–Kier alpha value is -0.0400. The van der Waals surface area contributed by atoms with Gasteiger partial charge in [0, 0.05) is 12.1 Å². The maximum atomic E-state index is 3.87. The zero-order chi connectivity index (χ0) is 10.1. The van der Waals surface area contributed by atoms with E-state index >= 15 is 0 Å². The van der Waals surface area contributed by atoms with E-state index in [1.165, 1.54) is 32.1 Å². The van der Waals surface area contributed by atoms with Crippen LogP contribution in [0.5, 0.6) is 0 Å². The van der Waals surface area contributed by atoms with E-state index in [0.717, 1.165) is 29.8 Å². The normalized spacial score (nSPS) is 47.8. The first kappa shape index (κ1) is 10.5. The van der Waals surface area contributed by atoms with Gasteiger partial charge in [-0.05, 0) is 37.0 Å². The molecule has 1 N–H and O–H groups in total. The molecule has 0 heterocycles. The fraction of sp³-hybridized carbons (Fsp3) is 1.00. The molecule has 0 radical (unpaired) electrons. The zero-order valence-electron chi connectivity index (χ0n) is 9.92. The molecule has 2 rings (SSSR count). The molecule has 0 aromatic carbocycles. The van der Waals surface area contributed by atoms with E-state index in [-0.39, 0.29) is 0 Å². The van der Waals surface area contributed by atoms with Gasteiger partial charge in [0.25, 0.3) is 0 Å². The molecule has 0 saturated heterocycles. The van der Waals surface area contributed by atoms with E-state index in [0.29, 0.717) is 0 Å². The predicted molar refractivity (Wildman–Crippen MR) is 61.3 cm³/mol. The van der Waals surface area contributed by atoms with Gasteiger partial charge in [0.2, 0.25) is 0 Å². The van der Waals surface area contributed by atoms with Gasteiger partial charge in [-0.3, -0.25) is 0 Å². The van der Waals surface area contributed by atoms with E-state index in [9.17, 15) is 0 Å². The molecule has 2 aliphatic rings. The van der Waals surface area contributed by atoms with Crippen LogP contribution in [0, 0.1) is 17.8 Å². The van der Waals surface area contributed by atoms with Crippen molar-refractivity contribution < 1.29 is 0 Å². The van der Waals surface area contributed by atoms with Crippen LogP contribution in [0.15, 0.2) is 0 Å². The maximum absolute atomic E-state index is 3.87. The first-order chi connectivity index (χ1) is 6.70. The molecular formula is C13H25N. The van der Waals surface area contributed by atoms with Crippen LogP contribution >= 0.6 is 0 Å². The summed E-state index contributed by atoms with van der Waals surface area (Å²) in [5, 5.41) is 3.87. The molecule has 1 nitrogen and oxygen atoms in total. The Morgan fingerprint density at radius 3 is 2.36 bits per heavy atom. The van der Waals surface area contributed by atoms with Crippen LogP contribution in [0.4, 0.5) is 0 Å². The molecule has 2 aliphatic carbocycles. The van der Waals surface area contributed by atoms with Crippen LogP contribution in [-0.2, 0) is 0 Å². The highest BCUT2D eigenvalue weighted by Gasteiger charge is 2.37. The fourth-order valence-electron chi connectivity index (χ4n) is 2.97. The molecule has 0 bridgehead atoms. The third kappa shape index (κ3) is 2.31. The minimum Gasteiger partial charge on any atom is -0.311 e. The van der Waals surface area contributed by atoms with Gasteiger partial charge < -0.3 is 5.32 Å². The molecule has 2 fully saturated rings. The summed E-state index contributed by atoms with van der Waals surface area (Å²) in [6.07, 6.45) is 7.11. The van der Waals surface area contributed by atoms with E-state index in [4.69, 9.17) is 0 Å². The Kier molecular flexibility index (Phi) is 3.16. The topological polar surface area (TPSA) is 12.0 Å². The van der Waals surface area contributed by atoms with Gasteiger partial charge in [0.1, 0.15) is 0 Å². The smallest absolute Gasteiger partial charge is 0.0100 e. The van der Waals surface area contributed by atoms with Gasteiger partial charge in [0.05, 0.1) is 0 Å². The highest BCUT2D eigenvalue weighted by atomic mass is 15.0.